The fourth-order valence-electron chi connectivity index (χ4n) is 2.17. The fraction of sp³-hybridized carbons (Fsp3) is 0.818. The zero-order valence-corrected chi connectivity index (χ0v) is 9.49. The molecule has 2 aliphatic rings. The lowest BCUT2D eigenvalue weighted by atomic mass is 9.97. The van der Waals surface area contributed by atoms with Gasteiger partial charge in [0.05, 0.1) is 0 Å². The Morgan fingerprint density at radius 2 is 2.00 bits per heavy atom. The number of nitrogens with zero attached hydrogens (tertiary/aromatic N) is 1. The van der Waals surface area contributed by atoms with Crippen LogP contribution in [0, 0.1) is 5.92 Å². The van der Waals surface area contributed by atoms with E-state index in [-0.39, 0.29) is 18.9 Å². The maximum absolute atomic E-state index is 13.2. The zero-order chi connectivity index (χ0) is 12.6. The quantitative estimate of drug-likeness (QED) is 0.804. The molecule has 0 unspecified atom stereocenters. The van der Waals surface area contributed by atoms with Crippen molar-refractivity contribution in [2.75, 3.05) is 6.54 Å². The van der Waals surface area contributed by atoms with E-state index in [4.69, 9.17) is 5.73 Å². The molecule has 1 saturated carbocycles. The van der Waals surface area contributed by atoms with Crippen molar-refractivity contribution in [3.05, 3.63) is 0 Å². The van der Waals surface area contributed by atoms with Gasteiger partial charge in [0.2, 0.25) is 11.8 Å². The minimum atomic E-state index is -2.89. The van der Waals surface area contributed by atoms with E-state index in [2.05, 4.69) is 0 Å². The van der Waals surface area contributed by atoms with Crippen LogP contribution in [0.5, 0.6) is 0 Å². The first kappa shape index (κ1) is 12.3. The molecule has 0 aromatic carbocycles. The van der Waals surface area contributed by atoms with E-state index in [1.54, 1.807) is 0 Å². The van der Waals surface area contributed by atoms with Gasteiger partial charge in [0.1, 0.15) is 6.04 Å². The predicted molar refractivity (Wildman–Crippen MR) is 56.2 cm³/mol. The van der Waals surface area contributed by atoms with Crippen LogP contribution < -0.4 is 5.73 Å². The molecule has 2 amide bonds. The van der Waals surface area contributed by atoms with Gasteiger partial charge in [-0.3, -0.25) is 9.59 Å². The smallest absolute Gasteiger partial charge is 0.252 e. The summed E-state index contributed by atoms with van der Waals surface area (Å²) < 4.78 is 26.4. The lowest BCUT2D eigenvalue weighted by Crippen LogP contribution is -2.55. The third-order valence-electron chi connectivity index (χ3n) is 3.40. The zero-order valence-electron chi connectivity index (χ0n) is 9.49. The van der Waals surface area contributed by atoms with Gasteiger partial charge in [-0.1, -0.05) is 0 Å². The second-order valence-corrected chi connectivity index (χ2v) is 4.96. The SMILES string of the molecule is NC(=O)[C@H]1CC(F)(F)CCN1C(=O)CC1CC1. The Kier molecular flexibility index (Phi) is 3.05. The van der Waals surface area contributed by atoms with Crippen molar-refractivity contribution in [2.45, 2.75) is 44.1 Å². The predicted octanol–water partition coefficient (Wildman–Crippen LogP) is 0.898. The van der Waals surface area contributed by atoms with E-state index < -0.39 is 24.3 Å². The molecule has 2 rings (SSSR count). The number of rotatable bonds is 3. The number of hydrogen-bond donors (Lipinski definition) is 1. The summed E-state index contributed by atoms with van der Waals surface area (Å²) in [6, 6.07) is -1.15. The van der Waals surface area contributed by atoms with Gasteiger partial charge in [-0.25, -0.2) is 8.78 Å². The number of amides is 2. The lowest BCUT2D eigenvalue weighted by Gasteiger charge is -2.37. The lowest BCUT2D eigenvalue weighted by molar-refractivity contribution is -0.151. The molecule has 0 aromatic heterocycles. The first-order chi connectivity index (χ1) is 7.89. The van der Waals surface area contributed by atoms with Crippen LogP contribution in [0.2, 0.25) is 0 Å². The molecule has 2 fully saturated rings. The maximum atomic E-state index is 13.2. The van der Waals surface area contributed by atoms with E-state index in [1.807, 2.05) is 0 Å². The molecule has 0 aromatic rings. The highest BCUT2D eigenvalue weighted by Crippen LogP contribution is 2.36. The summed E-state index contributed by atoms with van der Waals surface area (Å²) in [4.78, 5) is 24.2. The third kappa shape index (κ3) is 2.92. The van der Waals surface area contributed by atoms with E-state index in [0.29, 0.717) is 12.3 Å². The van der Waals surface area contributed by atoms with E-state index >= 15 is 0 Å². The Hall–Kier alpha value is -1.20. The molecular weight excluding hydrogens is 230 g/mol. The molecule has 17 heavy (non-hydrogen) atoms. The first-order valence-corrected chi connectivity index (χ1v) is 5.86. The number of piperidine rings is 1. The minimum absolute atomic E-state index is 0.0772. The van der Waals surface area contributed by atoms with Crippen molar-refractivity contribution in [3.8, 4) is 0 Å². The standard InChI is InChI=1S/C11H16F2N2O2/c12-11(13)3-4-15(8(6-11)10(14)17)9(16)5-7-1-2-7/h7-8H,1-6H2,(H2,14,17)/t8-/m1/s1. The summed E-state index contributed by atoms with van der Waals surface area (Å²) in [5, 5.41) is 0. The summed E-state index contributed by atoms with van der Waals surface area (Å²) in [6.45, 7) is -0.0772. The van der Waals surface area contributed by atoms with Gasteiger partial charge in [0.15, 0.2) is 0 Å². The van der Waals surface area contributed by atoms with Gasteiger partial charge in [-0.15, -0.1) is 0 Å². The van der Waals surface area contributed by atoms with E-state index in [1.165, 1.54) is 4.90 Å². The van der Waals surface area contributed by atoms with Gasteiger partial charge < -0.3 is 10.6 Å². The van der Waals surface area contributed by atoms with E-state index in [9.17, 15) is 18.4 Å². The van der Waals surface area contributed by atoms with Crippen LogP contribution in [-0.4, -0.2) is 35.2 Å². The van der Waals surface area contributed by atoms with Crippen molar-refractivity contribution < 1.29 is 18.4 Å². The highest BCUT2D eigenvalue weighted by molar-refractivity contribution is 5.87. The fourth-order valence-corrected chi connectivity index (χ4v) is 2.17. The van der Waals surface area contributed by atoms with Gasteiger partial charge >= 0.3 is 0 Å². The summed E-state index contributed by atoms with van der Waals surface area (Å²) >= 11 is 0. The summed E-state index contributed by atoms with van der Waals surface area (Å²) in [7, 11) is 0. The molecule has 1 saturated heterocycles. The molecule has 1 aliphatic carbocycles. The minimum Gasteiger partial charge on any atom is -0.368 e. The largest absolute Gasteiger partial charge is 0.368 e. The van der Waals surface area contributed by atoms with Crippen LogP contribution in [0.3, 0.4) is 0 Å². The number of hydrogen-bond acceptors (Lipinski definition) is 2. The Morgan fingerprint density at radius 1 is 1.35 bits per heavy atom. The Morgan fingerprint density at radius 3 is 2.53 bits per heavy atom. The maximum Gasteiger partial charge on any atom is 0.252 e. The molecule has 96 valence electrons. The summed E-state index contributed by atoms with van der Waals surface area (Å²) in [5.74, 6) is -3.57. The topological polar surface area (TPSA) is 63.4 Å². The van der Waals surface area contributed by atoms with Crippen molar-refractivity contribution in [2.24, 2.45) is 11.7 Å². The molecule has 0 bridgehead atoms. The van der Waals surface area contributed by atoms with Crippen LogP contribution in [-0.2, 0) is 9.59 Å². The average molecular weight is 246 g/mol. The van der Waals surface area contributed by atoms with Crippen LogP contribution in [0.15, 0.2) is 0 Å². The van der Waals surface area contributed by atoms with E-state index in [0.717, 1.165) is 12.8 Å². The molecule has 1 heterocycles. The molecule has 1 atom stereocenters. The van der Waals surface area contributed by atoms with Gasteiger partial charge in [0.25, 0.3) is 5.92 Å². The molecule has 1 aliphatic heterocycles. The van der Waals surface area contributed by atoms with Gasteiger partial charge in [-0.05, 0) is 18.8 Å². The highest BCUT2D eigenvalue weighted by Gasteiger charge is 2.44. The number of nitrogens with two attached hydrogens (primary N) is 1. The summed E-state index contributed by atoms with van der Waals surface area (Å²) in [5.41, 5.74) is 5.10. The second-order valence-electron chi connectivity index (χ2n) is 4.96. The molecule has 0 spiro atoms. The highest BCUT2D eigenvalue weighted by atomic mass is 19.3. The van der Waals surface area contributed by atoms with Crippen LogP contribution in [0.25, 0.3) is 0 Å². The molecular formula is C11H16F2N2O2. The third-order valence-corrected chi connectivity index (χ3v) is 3.40. The van der Waals surface area contributed by atoms with Crippen molar-refractivity contribution >= 4 is 11.8 Å². The molecule has 6 heteroatoms. The normalized spacial score (nSPS) is 27.9. The average Bonchev–Trinajstić information content (AvgIpc) is 2.99. The molecule has 0 radical (unpaired) electrons. The van der Waals surface area contributed by atoms with Crippen LogP contribution in [0.4, 0.5) is 8.78 Å². The Balaban J connectivity index is 2.03. The molecule has 4 nitrogen and oxygen atoms in total. The Bertz CT molecular complexity index is 342. The number of carbonyl (C=O) groups excluding carboxylic acids is 2. The molecule has 2 N–H and O–H groups in total. The number of likely N-dealkylation sites (tertiary alicyclic amines) is 1. The van der Waals surface area contributed by atoms with Gasteiger partial charge in [-0.2, -0.15) is 0 Å². The number of alkyl halides is 2. The van der Waals surface area contributed by atoms with Crippen LogP contribution >= 0.6 is 0 Å². The van der Waals surface area contributed by atoms with Crippen LogP contribution in [0.1, 0.15) is 32.1 Å². The second kappa shape index (κ2) is 4.23. The van der Waals surface area contributed by atoms with Crippen molar-refractivity contribution in [1.29, 1.82) is 0 Å². The first-order valence-electron chi connectivity index (χ1n) is 5.86. The monoisotopic (exact) mass is 246 g/mol. The summed E-state index contributed by atoms with van der Waals surface area (Å²) in [6.07, 6.45) is 1.36. The number of halogens is 2. The van der Waals surface area contributed by atoms with Crippen molar-refractivity contribution in [3.63, 3.8) is 0 Å². The Labute approximate surface area is 98.1 Å². The number of carbonyl (C=O) groups is 2. The number of primary amides is 1. The van der Waals surface area contributed by atoms with Gasteiger partial charge in [0, 0.05) is 25.8 Å². The van der Waals surface area contributed by atoms with Crippen molar-refractivity contribution in [1.82, 2.24) is 4.90 Å².